The summed E-state index contributed by atoms with van der Waals surface area (Å²) in [6, 6.07) is 72.6. The van der Waals surface area contributed by atoms with Crippen LogP contribution in [0.2, 0.25) is 0 Å². The van der Waals surface area contributed by atoms with Crippen LogP contribution in [0.15, 0.2) is 231 Å². The number of para-hydroxylation sites is 3. The number of pyridine rings is 3. The SMILES string of the molecule is c1ccc(-c2nc(-c3ccc(-c4ccc(-c5nc6ccccc6c6sc(-c7ccncc7)c(-c7ccncc7)c56)cc4)cc3)cc(-c3cccc(-n4c5ccccc5c5ccccc54)c3)n2)cc1. The van der Waals surface area contributed by atoms with Crippen molar-refractivity contribution in [3.63, 3.8) is 0 Å². The molecule has 0 radical (unpaired) electrons. The van der Waals surface area contributed by atoms with Crippen LogP contribution >= 0.6 is 11.3 Å². The summed E-state index contributed by atoms with van der Waals surface area (Å²) >= 11 is 1.81. The van der Waals surface area contributed by atoms with E-state index in [1.54, 1.807) is 0 Å². The van der Waals surface area contributed by atoms with Gasteiger partial charge in [0.1, 0.15) is 0 Å². The second-order valence-electron chi connectivity index (χ2n) is 16.9. The third kappa shape index (κ3) is 6.84. The Kier molecular flexibility index (Phi) is 9.58. The van der Waals surface area contributed by atoms with Crippen LogP contribution in [0, 0.1) is 0 Å². The molecule has 13 aromatic rings. The van der Waals surface area contributed by atoms with E-state index < -0.39 is 0 Å². The van der Waals surface area contributed by atoms with Crippen LogP contribution in [0.4, 0.5) is 0 Å². The summed E-state index contributed by atoms with van der Waals surface area (Å²) in [5, 5.41) is 4.75. The first-order valence-electron chi connectivity index (χ1n) is 22.6. The van der Waals surface area contributed by atoms with E-state index in [0.717, 1.165) is 89.1 Å². The molecular weight excluding hydrogens is 849 g/mol. The van der Waals surface area contributed by atoms with Gasteiger partial charge in [-0.2, -0.15) is 0 Å². The highest BCUT2D eigenvalue weighted by Gasteiger charge is 2.23. The Morgan fingerprint density at radius 1 is 0.368 bits per heavy atom. The molecule has 6 nitrogen and oxygen atoms in total. The van der Waals surface area contributed by atoms with Gasteiger partial charge in [-0.05, 0) is 82.9 Å². The first kappa shape index (κ1) is 39.5. The van der Waals surface area contributed by atoms with E-state index in [9.17, 15) is 0 Å². The van der Waals surface area contributed by atoms with E-state index in [2.05, 4.69) is 203 Å². The fourth-order valence-corrected chi connectivity index (χ4v) is 11.0. The molecule has 0 N–H and O–H groups in total. The Bertz CT molecular complexity index is 3940. The van der Waals surface area contributed by atoms with E-state index in [0.29, 0.717) is 5.82 Å². The van der Waals surface area contributed by atoms with E-state index in [4.69, 9.17) is 15.0 Å². The minimum Gasteiger partial charge on any atom is -0.309 e. The molecule has 0 aliphatic rings. The molecule has 68 heavy (non-hydrogen) atoms. The van der Waals surface area contributed by atoms with Gasteiger partial charge in [0.25, 0.3) is 0 Å². The molecule has 0 fully saturated rings. The molecule has 7 aromatic carbocycles. The van der Waals surface area contributed by atoms with Crippen molar-refractivity contribution in [2.75, 3.05) is 0 Å². The van der Waals surface area contributed by atoms with Gasteiger partial charge >= 0.3 is 0 Å². The fourth-order valence-electron chi connectivity index (χ4n) is 9.61. The molecule has 13 rings (SSSR count). The Morgan fingerprint density at radius 2 is 0.912 bits per heavy atom. The maximum absolute atomic E-state index is 5.38. The zero-order chi connectivity index (χ0) is 45.0. The first-order valence-corrected chi connectivity index (χ1v) is 23.4. The Morgan fingerprint density at radius 3 is 1.59 bits per heavy atom. The van der Waals surface area contributed by atoms with Gasteiger partial charge < -0.3 is 4.57 Å². The van der Waals surface area contributed by atoms with Crippen LogP contribution < -0.4 is 0 Å². The van der Waals surface area contributed by atoms with Crippen molar-refractivity contribution in [1.29, 1.82) is 0 Å². The van der Waals surface area contributed by atoms with Crippen molar-refractivity contribution in [2.24, 2.45) is 0 Å². The van der Waals surface area contributed by atoms with Gasteiger partial charge in [-0.25, -0.2) is 15.0 Å². The minimum absolute atomic E-state index is 0.682. The van der Waals surface area contributed by atoms with Gasteiger partial charge in [0.2, 0.25) is 0 Å². The summed E-state index contributed by atoms with van der Waals surface area (Å²) in [5.41, 5.74) is 16.7. The molecule has 0 amide bonds. The molecule has 0 aliphatic heterocycles. The smallest absolute Gasteiger partial charge is 0.160 e. The van der Waals surface area contributed by atoms with Crippen molar-refractivity contribution < 1.29 is 0 Å². The van der Waals surface area contributed by atoms with Crippen LogP contribution in [0.3, 0.4) is 0 Å². The van der Waals surface area contributed by atoms with Crippen molar-refractivity contribution >= 4 is 54.1 Å². The fraction of sp³-hybridized carbons (Fsp3) is 0. The normalized spacial score (nSPS) is 11.5. The van der Waals surface area contributed by atoms with E-state index >= 15 is 0 Å². The standard InChI is InChI=1S/C61H38N6S/c1-2-11-45(12-3-1)61-65-52(38-53(66-61)46-13-10-14-47(37-46)67-54-19-8-5-15-48(54)49-16-6-9-20-55(49)67)41-25-21-39(22-26-41)40-23-27-43(28-24-40)58-57-56(42-29-33-62-34-30-42)59(44-31-35-63-36-32-44)68-60(57)50-17-4-7-18-51(50)64-58/h1-38H. The average Bonchev–Trinajstić information content (AvgIpc) is 3.99. The average molecular weight is 887 g/mol. The summed E-state index contributed by atoms with van der Waals surface area (Å²) in [6.07, 6.45) is 7.45. The lowest BCUT2D eigenvalue weighted by Gasteiger charge is -2.13. The van der Waals surface area contributed by atoms with E-state index in [1.807, 2.05) is 54.3 Å². The Balaban J connectivity index is 0.879. The molecule has 7 heteroatoms. The molecule has 0 atom stereocenters. The maximum atomic E-state index is 5.38. The van der Waals surface area contributed by atoms with Gasteiger partial charge in [0, 0.05) is 89.4 Å². The monoisotopic (exact) mass is 886 g/mol. The predicted octanol–water partition coefficient (Wildman–Crippen LogP) is 15.8. The van der Waals surface area contributed by atoms with E-state index in [1.165, 1.54) is 31.4 Å². The van der Waals surface area contributed by atoms with Crippen LogP contribution in [0.25, 0.3) is 126 Å². The number of fused-ring (bicyclic) bond motifs is 6. The molecular formula is C61H38N6S. The highest BCUT2D eigenvalue weighted by atomic mass is 32.1. The maximum Gasteiger partial charge on any atom is 0.160 e. The summed E-state index contributed by atoms with van der Waals surface area (Å²) in [7, 11) is 0. The number of aromatic nitrogens is 6. The minimum atomic E-state index is 0.682. The number of rotatable bonds is 8. The summed E-state index contributed by atoms with van der Waals surface area (Å²) in [4.78, 5) is 25.6. The zero-order valence-corrected chi connectivity index (χ0v) is 37.3. The third-order valence-electron chi connectivity index (χ3n) is 12.8. The van der Waals surface area contributed by atoms with Gasteiger partial charge in [0.15, 0.2) is 5.82 Å². The van der Waals surface area contributed by atoms with Gasteiger partial charge in [0.05, 0.1) is 33.6 Å². The molecule has 6 aromatic heterocycles. The van der Waals surface area contributed by atoms with Crippen molar-refractivity contribution in [1.82, 2.24) is 29.5 Å². The number of benzene rings is 7. The highest BCUT2D eigenvalue weighted by Crippen LogP contribution is 2.50. The molecule has 0 saturated carbocycles. The number of thiophene rings is 1. The van der Waals surface area contributed by atoms with Crippen LogP contribution in [0.1, 0.15) is 0 Å². The molecule has 0 bridgehead atoms. The third-order valence-corrected chi connectivity index (χ3v) is 14.1. The van der Waals surface area contributed by atoms with Gasteiger partial charge in [-0.15, -0.1) is 11.3 Å². The van der Waals surface area contributed by atoms with Crippen LogP contribution in [-0.2, 0) is 0 Å². The quantitative estimate of drug-likeness (QED) is 0.152. The molecule has 318 valence electrons. The molecule has 6 heterocycles. The zero-order valence-electron chi connectivity index (χ0n) is 36.5. The van der Waals surface area contributed by atoms with Crippen molar-refractivity contribution in [3.05, 3.63) is 231 Å². The van der Waals surface area contributed by atoms with Crippen LogP contribution in [-0.4, -0.2) is 29.5 Å². The molecule has 0 spiro atoms. The summed E-state index contributed by atoms with van der Waals surface area (Å²) < 4.78 is 3.56. The lowest BCUT2D eigenvalue weighted by molar-refractivity contribution is 1.16. The molecule has 0 saturated heterocycles. The molecule has 0 unspecified atom stereocenters. The van der Waals surface area contributed by atoms with Crippen LogP contribution in [0.5, 0.6) is 0 Å². The largest absolute Gasteiger partial charge is 0.309 e. The number of hydrogen-bond donors (Lipinski definition) is 0. The van der Waals surface area contributed by atoms with Crippen molar-refractivity contribution in [2.45, 2.75) is 0 Å². The second-order valence-corrected chi connectivity index (χ2v) is 17.9. The summed E-state index contributed by atoms with van der Waals surface area (Å²) in [6.45, 7) is 0. The highest BCUT2D eigenvalue weighted by molar-refractivity contribution is 7.24. The second kappa shape index (κ2) is 16.5. The van der Waals surface area contributed by atoms with Gasteiger partial charge in [-0.1, -0.05) is 146 Å². The first-order chi connectivity index (χ1) is 33.7. The lowest BCUT2D eigenvalue weighted by Crippen LogP contribution is -1.97. The molecule has 0 aliphatic carbocycles. The lowest BCUT2D eigenvalue weighted by atomic mass is 9.94. The van der Waals surface area contributed by atoms with E-state index in [-0.39, 0.29) is 0 Å². The summed E-state index contributed by atoms with van der Waals surface area (Å²) in [5.74, 6) is 0.682. The van der Waals surface area contributed by atoms with Gasteiger partial charge in [-0.3, -0.25) is 9.97 Å². The number of hydrogen-bond acceptors (Lipinski definition) is 6. The number of nitrogens with zero attached hydrogens (tertiary/aromatic N) is 6. The Labute approximate surface area is 396 Å². The topological polar surface area (TPSA) is 69.4 Å². The van der Waals surface area contributed by atoms with Crippen molar-refractivity contribution in [3.8, 4) is 83.5 Å². The Hall–Kier alpha value is -8.91. The predicted molar refractivity (Wildman–Crippen MR) is 281 cm³/mol.